The van der Waals surface area contributed by atoms with Crippen LogP contribution < -0.4 is 15.2 Å². The predicted molar refractivity (Wildman–Crippen MR) is 66.2 cm³/mol. The Balaban J connectivity index is 2.89. The molecular formula is C13H21NO2. The highest BCUT2D eigenvalue weighted by atomic mass is 16.5. The third kappa shape index (κ3) is 3.14. The molecular weight excluding hydrogens is 202 g/mol. The molecule has 3 nitrogen and oxygen atoms in total. The number of methoxy groups -OCH3 is 2. The van der Waals surface area contributed by atoms with E-state index < -0.39 is 0 Å². The van der Waals surface area contributed by atoms with Gasteiger partial charge in [-0.05, 0) is 37.0 Å². The maximum absolute atomic E-state index is 5.80. The highest BCUT2D eigenvalue weighted by Crippen LogP contribution is 2.31. The van der Waals surface area contributed by atoms with Gasteiger partial charge in [-0.2, -0.15) is 0 Å². The molecule has 1 rings (SSSR count). The first kappa shape index (κ1) is 12.8. The summed E-state index contributed by atoms with van der Waals surface area (Å²) in [4.78, 5) is 0. The number of nitrogens with two attached hydrogens (primary N) is 1. The second kappa shape index (κ2) is 5.75. The van der Waals surface area contributed by atoms with Crippen molar-refractivity contribution in [2.24, 2.45) is 5.73 Å². The quantitative estimate of drug-likeness (QED) is 0.834. The van der Waals surface area contributed by atoms with Gasteiger partial charge in [0.15, 0.2) is 11.5 Å². The van der Waals surface area contributed by atoms with Crippen LogP contribution in [-0.4, -0.2) is 20.3 Å². The first-order chi connectivity index (χ1) is 7.58. The molecule has 0 bridgehead atoms. The Labute approximate surface area is 97.6 Å². The van der Waals surface area contributed by atoms with Gasteiger partial charge in [-0.3, -0.25) is 0 Å². The molecule has 0 radical (unpaired) electrons. The SMILES string of the molecule is COc1ccc(C(C)CC(C)N)cc1OC. The van der Waals surface area contributed by atoms with E-state index in [-0.39, 0.29) is 6.04 Å². The van der Waals surface area contributed by atoms with Crippen molar-refractivity contribution in [1.29, 1.82) is 0 Å². The highest BCUT2D eigenvalue weighted by Gasteiger charge is 2.11. The van der Waals surface area contributed by atoms with Gasteiger partial charge in [0.25, 0.3) is 0 Å². The number of hydrogen-bond donors (Lipinski definition) is 1. The fourth-order valence-corrected chi connectivity index (χ4v) is 1.85. The summed E-state index contributed by atoms with van der Waals surface area (Å²) in [6.07, 6.45) is 0.968. The molecule has 2 unspecified atom stereocenters. The fourth-order valence-electron chi connectivity index (χ4n) is 1.85. The van der Waals surface area contributed by atoms with Crippen LogP contribution in [-0.2, 0) is 0 Å². The van der Waals surface area contributed by atoms with Crippen LogP contribution in [0.25, 0.3) is 0 Å². The van der Waals surface area contributed by atoms with Gasteiger partial charge in [0.05, 0.1) is 14.2 Å². The second-order valence-corrected chi connectivity index (χ2v) is 4.23. The Morgan fingerprint density at radius 3 is 2.25 bits per heavy atom. The zero-order valence-corrected chi connectivity index (χ0v) is 10.5. The van der Waals surface area contributed by atoms with Crippen molar-refractivity contribution in [1.82, 2.24) is 0 Å². The van der Waals surface area contributed by atoms with Crippen LogP contribution in [0.15, 0.2) is 18.2 Å². The summed E-state index contributed by atoms with van der Waals surface area (Å²) >= 11 is 0. The van der Waals surface area contributed by atoms with Crippen LogP contribution in [0, 0.1) is 0 Å². The number of rotatable bonds is 5. The lowest BCUT2D eigenvalue weighted by molar-refractivity contribution is 0.354. The number of hydrogen-bond acceptors (Lipinski definition) is 3. The molecule has 0 spiro atoms. The molecule has 0 fully saturated rings. The summed E-state index contributed by atoms with van der Waals surface area (Å²) in [5.41, 5.74) is 7.03. The van der Waals surface area contributed by atoms with Crippen LogP contribution in [0.3, 0.4) is 0 Å². The summed E-state index contributed by atoms with van der Waals surface area (Å²) in [6.45, 7) is 4.20. The lowest BCUT2D eigenvalue weighted by Crippen LogP contribution is -2.17. The maximum atomic E-state index is 5.80. The molecule has 2 atom stereocenters. The fraction of sp³-hybridized carbons (Fsp3) is 0.538. The molecule has 0 aliphatic carbocycles. The van der Waals surface area contributed by atoms with E-state index in [4.69, 9.17) is 15.2 Å². The van der Waals surface area contributed by atoms with Gasteiger partial charge >= 0.3 is 0 Å². The van der Waals surface area contributed by atoms with Crippen molar-refractivity contribution >= 4 is 0 Å². The van der Waals surface area contributed by atoms with Gasteiger partial charge in [-0.25, -0.2) is 0 Å². The second-order valence-electron chi connectivity index (χ2n) is 4.23. The molecule has 1 aromatic carbocycles. The summed E-state index contributed by atoms with van der Waals surface area (Å²) in [5.74, 6) is 1.97. The van der Waals surface area contributed by atoms with Crippen LogP contribution in [0.5, 0.6) is 11.5 Å². The lowest BCUT2D eigenvalue weighted by atomic mass is 9.94. The number of benzene rings is 1. The van der Waals surface area contributed by atoms with E-state index >= 15 is 0 Å². The Kier molecular flexibility index (Phi) is 4.62. The minimum absolute atomic E-state index is 0.211. The van der Waals surface area contributed by atoms with Crippen LogP contribution >= 0.6 is 0 Å². The molecule has 0 aliphatic rings. The third-order valence-electron chi connectivity index (χ3n) is 2.70. The molecule has 0 saturated heterocycles. The molecule has 16 heavy (non-hydrogen) atoms. The molecule has 2 N–H and O–H groups in total. The topological polar surface area (TPSA) is 44.5 Å². The van der Waals surface area contributed by atoms with E-state index in [1.165, 1.54) is 5.56 Å². The van der Waals surface area contributed by atoms with E-state index in [0.717, 1.165) is 17.9 Å². The maximum Gasteiger partial charge on any atom is 0.160 e. The smallest absolute Gasteiger partial charge is 0.160 e. The van der Waals surface area contributed by atoms with Crippen LogP contribution in [0.4, 0.5) is 0 Å². The third-order valence-corrected chi connectivity index (χ3v) is 2.70. The monoisotopic (exact) mass is 223 g/mol. The van der Waals surface area contributed by atoms with Crippen molar-refractivity contribution in [2.75, 3.05) is 14.2 Å². The molecule has 0 heterocycles. The normalized spacial score (nSPS) is 14.3. The van der Waals surface area contributed by atoms with E-state index in [1.54, 1.807) is 14.2 Å². The molecule has 0 aliphatic heterocycles. The lowest BCUT2D eigenvalue weighted by Gasteiger charge is -2.16. The average Bonchev–Trinajstić information content (AvgIpc) is 2.27. The van der Waals surface area contributed by atoms with Gasteiger partial charge < -0.3 is 15.2 Å². The van der Waals surface area contributed by atoms with Gasteiger partial charge in [-0.15, -0.1) is 0 Å². The zero-order valence-electron chi connectivity index (χ0n) is 10.5. The average molecular weight is 223 g/mol. The van der Waals surface area contributed by atoms with Gasteiger partial charge in [-0.1, -0.05) is 13.0 Å². The molecule has 0 saturated carbocycles. The standard InChI is InChI=1S/C13H21NO2/c1-9(7-10(2)14)11-5-6-12(15-3)13(8-11)16-4/h5-6,8-10H,7,14H2,1-4H3. The zero-order chi connectivity index (χ0) is 12.1. The minimum Gasteiger partial charge on any atom is -0.493 e. The summed E-state index contributed by atoms with van der Waals surface area (Å²) in [6, 6.07) is 6.23. The van der Waals surface area contributed by atoms with Crippen molar-refractivity contribution in [3.05, 3.63) is 23.8 Å². The van der Waals surface area contributed by atoms with Crippen LogP contribution in [0.1, 0.15) is 31.7 Å². The summed E-state index contributed by atoms with van der Waals surface area (Å²) < 4.78 is 10.5. The van der Waals surface area contributed by atoms with E-state index in [9.17, 15) is 0 Å². The largest absolute Gasteiger partial charge is 0.493 e. The van der Waals surface area contributed by atoms with Gasteiger partial charge in [0.1, 0.15) is 0 Å². The van der Waals surface area contributed by atoms with Gasteiger partial charge in [0, 0.05) is 6.04 Å². The Morgan fingerprint density at radius 1 is 1.12 bits per heavy atom. The van der Waals surface area contributed by atoms with E-state index in [0.29, 0.717) is 5.92 Å². The van der Waals surface area contributed by atoms with E-state index in [2.05, 4.69) is 13.0 Å². The number of ether oxygens (including phenoxy) is 2. The van der Waals surface area contributed by atoms with Gasteiger partial charge in [0.2, 0.25) is 0 Å². The highest BCUT2D eigenvalue weighted by molar-refractivity contribution is 5.43. The molecule has 3 heteroatoms. The Morgan fingerprint density at radius 2 is 1.75 bits per heavy atom. The molecule has 1 aromatic rings. The predicted octanol–water partition coefficient (Wildman–Crippen LogP) is 2.54. The summed E-state index contributed by atoms with van der Waals surface area (Å²) in [7, 11) is 3.29. The van der Waals surface area contributed by atoms with Crippen molar-refractivity contribution < 1.29 is 9.47 Å². The Hall–Kier alpha value is -1.22. The first-order valence-electron chi connectivity index (χ1n) is 5.56. The van der Waals surface area contributed by atoms with Crippen LogP contribution in [0.2, 0.25) is 0 Å². The summed E-state index contributed by atoms with van der Waals surface area (Å²) in [5, 5.41) is 0. The Bertz CT molecular complexity index is 337. The van der Waals surface area contributed by atoms with Crippen molar-refractivity contribution in [3.8, 4) is 11.5 Å². The van der Waals surface area contributed by atoms with Crippen molar-refractivity contribution in [2.45, 2.75) is 32.2 Å². The first-order valence-corrected chi connectivity index (χ1v) is 5.56. The minimum atomic E-state index is 0.211. The van der Waals surface area contributed by atoms with Crippen molar-refractivity contribution in [3.63, 3.8) is 0 Å². The molecule has 0 aromatic heterocycles. The van der Waals surface area contributed by atoms with E-state index in [1.807, 2.05) is 19.1 Å². The molecule has 0 amide bonds. The molecule has 90 valence electrons.